The molecule has 20 heavy (non-hydrogen) atoms. The van der Waals surface area contributed by atoms with E-state index >= 15 is 0 Å². The molecule has 0 aliphatic heterocycles. The quantitative estimate of drug-likeness (QED) is 0.795. The monoisotopic (exact) mass is 281 g/mol. The van der Waals surface area contributed by atoms with Crippen molar-refractivity contribution in [1.82, 2.24) is 5.32 Å². The third-order valence-corrected chi connectivity index (χ3v) is 2.85. The third-order valence-electron chi connectivity index (χ3n) is 2.85. The number of ether oxygens (including phenoxy) is 2. The Bertz CT molecular complexity index is 486. The largest absolute Gasteiger partial charge is 0.493 e. The van der Waals surface area contributed by atoms with Gasteiger partial charge in [0, 0.05) is 6.42 Å². The van der Waals surface area contributed by atoms with E-state index in [0.717, 1.165) is 0 Å². The Kier molecular flexibility index (Phi) is 5.83. The van der Waals surface area contributed by atoms with E-state index < -0.39 is 12.0 Å². The maximum absolute atomic E-state index is 11.5. The molecule has 0 aliphatic carbocycles. The van der Waals surface area contributed by atoms with E-state index in [9.17, 15) is 9.59 Å². The summed E-state index contributed by atoms with van der Waals surface area (Å²) in [5.74, 6) is -0.148. The summed E-state index contributed by atoms with van der Waals surface area (Å²) < 4.78 is 10.3. The predicted molar refractivity (Wildman–Crippen MR) is 73.0 cm³/mol. The van der Waals surface area contributed by atoms with Crippen LogP contribution in [0.25, 0.3) is 0 Å². The number of benzene rings is 1. The van der Waals surface area contributed by atoms with Gasteiger partial charge in [-0.15, -0.1) is 0 Å². The van der Waals surface area contributed by atoms with Crippen LogP contribution in [0.2, 0.25) is 0 Å². The van der Waals surface area contributed by atoms with E-state index in [2.05, 4.69) is 5.32 Å². The predicted octanol–water partition coefficient (Wildman–Crippen LogP) is 1.75. The van der Waals surface area contributed by atoms with E-state index in [1.165, 1.54) is 14.2 Å². The fourth-order valence-corrected chi connectivity index (χ4v) is 1.79. The number of amides is 1. The molecule has 0 aliphatic rings. The maximum Gasteiger partial charge on any atom is 0.305 e. The minimum absolute atomic E-state index is 0.193. The number of rotatable bonds is 7. The normalized spacial score (nSPS) is 11.6. The number of carboxylic acid groups (broad SMARTS) is 1. The topological polar surface area (TPSA) is 84.9 Å². The molecule has 0 radical (unpaired) electrons. The van der Waals surface area contributed by atoms with Crippen molar-refractivity contribution in [2.24, 2.45) is 0 Å². The second-order valence-corrected chi connectivity index (χ2v) is 4.19. The summed E-state index contributed by atoms with van der Waals surface area (Å²) in [6.07, 6.45) is 0.102. The van der Waals surface area contributed by atoms with Crippen LogP contribution in [0.4, 0.5) is 0 Å². The Hall–Kier alpha value is -2.24. The Balaban J connectivity index is 3.06. The number of carboxylic acids is 1. The molecular weight excluding hydrogens is 262 g/mol. The van der Waals surface area contributed by atoms with Gasteiger partial charge in [-0.1, -0.05) is 13.0 Å². The number of methoxy groups -OCH3 is 2. The average Bonchev–Trinajstić information content (AvgIpc) is 2.45. The smallest absolute Gasteiger partial charge is 0.305 e. The minimum atomic E-state index is -0.985. The maximum atomic E-state index is 11.5. The van der Waals surface area contributed by atoms with Crippen LogP contribution in [-0.2, 0) is 9.59 Å². The first-order valence-electron chi connectivity index (χ1n) is 6.24. The molecule has 1 atom stereocenters. The van der Waals surface area contributed by atoms with Gasteiger partial charge in [-0.3, -0.25) is 9.59 Å². The molecule has 0 bridgehead atoms. The molecule has 110 valence electrons. The number of hydrogen-bond donors (Lipinski definition) is 2. The molecule has 0 spiro atoms. The van der Waals surface area contributed by atoms with Crippen molar-refractivity contribution >= 4 is 11.9 Å². The first kappa shape index (κ1) is 15.8. The first-order valence-corrected chi connectivity index (χ1v) is 6.24. The molecule has 0 fully saturated rings. The fourth-order valence-electron chi connectivity index (χ4n) is 1.79. The highest BCUT2D eigenvalue weighted by Crippen LogP contribution is 2.30. The van der Waals surface area contributed by atoms with Crippen LogP contribution in [-0.4, -0.2) is 31.2 Å². The average molecular weight is 281 g/mol. The van der Waals surface area contributed by atoms with Crippen molar-refractivity contribution in [3.05, 3.63) is 23.8 Å². The summed E-state index contributed by atoms with van der Waals surface area (Å²) in [4.78, 5) is 22.4. The summed E-state index contributed by atoms with van der Waals surface area (Å²) in [5, 5.41) is 11.6. The van der Waals surface area contributed by atoms with E-state index in [1.807, 2.05) is 0 Å². The fraction of sp³-hybridized carbons (Fsp3) is 0.429. The molecule has 2 N–H and O–H groups in total. The summed E-state index contributed by atoms with van der Waals surface area (Å²) >= 11 is 0. The molecule has 1 aromatic carbocycles. The highest BCUT2D eigenvalue weighted by atomic mass is 16.5. The number of nitrogens with one attached hydrogen (secondary N) is 1. The SMILES string of the molecule is CCC(=O)NC(CC(=O)O)c1ccc(OC)c(OC)c1. The summed E-state index contributed by atoms with van der Waals surface area (Å²) in [6, 6.07) is 4.47. The zero-order valence-corrected chi connectivity index (χ0v) is 11.8. The Morgan fingerprint density at radius 2 is 1.90 bits per heavy atom. The Morgan fingerprint density at radius 1 is 1.25 bits per heavy atom. The molecule has 0 aromatic heterocycles. The van der Waals surface area contributed by atoms with Crippen LogP contribution in [0.1, 0.15) is 31.4 Å². The highest BCUT2D eigenvalue weighted by Gasteiger charge is 2.19. The van der Waals surface area contributed by atoms with Gasteiger partial charge in [0.15, 0.2) is 11.5 Å². The van der Waals surface area contributed by atoms with Crippen LogP contribution < -0.4 is 14.8 Å². The summed E-state index contributed by atoms with van der Waals surface area (Å²) in [7, 11) is 3.02. The summed E-state index contributed by atoms with van der Waals surface area (Å²) in [5.41, 5.74) is 0.659. The first-order chi connectivity index (χ1) is 9.51. The number of carbonyl (C=O) groups excluding carboxylic acids is 1. The molecule has 6 nitrogen and oxygen atoms in total. The highest BCUT2D eigenvalue weighted by molar-refractivity contribution is 5.77. The zero-order chi connectivity index (χ0) is 15.1. The van der Waals surface area contributed by atoms with E-state index in [0.29, 0.717) is 23.5 Å². The second kappa shape index (κ2) is 7.37. The van der Waals surface area contributed by atoms with Gasteiger partial charge in [-0.05, 0) is 17.7 Å². The van der Waals surface area contributed by atoms with Crippen molar-refractivity contribution in [2.75, 3.05) is 14.2 Å². The number of carbonyl (C=O) groups is 2. The van der Waals surface area contributed by atoms with Crippen molar-refractivity contribution in [3.63, 3.8) is 0 Å². The van der Waals surface area contributed by atoms with Crippen molar-refractivity contribution in [2.45, 2.75) is 25.8 Å². The van der Waals surface area contributed by atoms with Gasteiger partial charge in [-0.25, -0.2) is 0 Å². The lowest BCUT2D eigenvalue weighted by Crippen LogP contribution is -2.29. The van der Waals surface area contributed by atoms with Crippen LogP contribution in [0.15, 0.2) is 18.2 Å². The zero-order valence-electron chi connectivity index (χ0n) is 11.8. The molecule has 1 unspecified atom stereocenters. The Morgan fingerprint density at radius 3 is 2.40 bits per heavy atom. The van der Waals surface area contributed by atoms with Gasteiger partial charge < -0.3 is 19.9 Å². The molecule has 1 aromatic rings. The van der Waals surface area contributed by atoms with Crippen LogP contribution >= 0.6 is 0 Å². The lowest BCUT2D eigenvalue weighted by molar-refractivity contribution is -0.137. The van der Waals surface area contributed by atoms with Crippen molar-refractivity contribution in [3.8, 4) is 11.5 Å². The summed E-state index contributed by atoms with van der Waals surface area (Å²) in [6.45, 7) is 1.71. The van der Waals surface area contributed by atoms with E-state index in [1.54, 1.807) is 25.1 Å². The van der Waals surface area contributed by atoms with Crippen molar-refractivity contribution < 1.29 is 24.2 Å². The molecule has 6 heteroatoms. The second-order valence-electron chi connectivity index (χ2n) is 4.19. The van der Waals surface area contributed by atoms with Crippen molar-refractivity contribution in [1.29, 1.82) is 0 Å². The van der Waals surface area contributed by atoms with Crippen LogP contribution in [0, 0.1) is 0 Å². The lowest BCUT2D eigenvalue weighted by Gasteiger charge is -2.18. The van der Waals surface area contributed by atoms with Gasteiger partial charge in [0.25, 0.3) is 0 Å². The minimum Gasteiger partial charge on any atom is -0.493 e. The molecule has 0 saturated heterocycles. The van der Waals surface area contributed by atoms with Gasteiger partial charge in [0.2, 0.25) is 5.91 Å². The van der Waals surface area contributed by atoms with Gasteiger partial charge in [0.05, 0.1) is 26.7 Å². The standard InChI is InChI=1S/C14H19NO5/c1-4-13(16)15-10(8-14(17)18)9-5-6-11(19-2)12(7-9)20-3/h5-7,10H,4,8H2,1-3H3,(H,15,16)(H,17,18). The van der Waals surface area contributed by atoms with Gasteiger partial charge in [-0.2, -0.15) is 0 Å². The van der Waals surface area contributed by atoms with Crippen LogP contribution in [0.3, 0.4) is 0 Å². The lowest BCUT2D eigenvalue weighted by atomic mass is 10.0. The molecular formula is C14H19NO5. The van der Waals surface area contributed by atoms with Gasteiger partial charge in [0.1, 0.15) is 0 Å². The number of aliphatic carboxylic acids is 1. The molecule has 1 rings (SSSR count). The van der Waals surface area contributed by atoms with E-state index in [4.69, 9.17) is 14.6 Å². The number of hydrogen-bond acceptors (Lipinski definition) is 4. The third kappa shape index (κ3) is 4.15. The molecule has 0 heterocycles. The van der Waals surface area contributed by atoms with E-state index in [-0.39, 0.29) is 12.3 Å². The Labute approximate surface area is 117 Å². The molecule has 0 saturated carbocycles. The molecule has 1 amide bonds. The van der Waals surface area contributed by atoms with Crippen LogP contribution in [0.5, 0.6) is 11.5 Å². The van der Waals surface area contributed by atoms with Gasteiger partial charge >= 0.3 is 5.97 Å².